The molecule has 1 rings (SSSR count). The van der Waals surface area contributed by atoms with Crippen LogP contribution in [0.2, 0.25) is 0 Å². The standard InChI is InChI=1S/C6H12N2.CH7O3P/c1-3-8-5-4-7(2)6-8;1-5(2,3)4/h4-5H,3,6H2,1-2H3;2-5H,1H3. The van der Waals surface area contributed by atoms with Crippen molar-refractivity contribution in [2.24, 2.45) is 0 Å². The fourth-order valence-corrected chi connectivity index (χ4v) is 0.794. The molecule has 0 atom stereocenters. The Morgan fingerprint density at radius 3 is 1.92 bits per heavy atom. The summed E-state index contributed by atoms with van der Waals surface area (Å²) in [7, 11) is -1.54. The molecule has 5 nitrogen and oxygen atoms in total. The van der Waals surface area contributed by atoms with Crippen LogP contribution >= 0.6 is 7.94 Å². The Hall–Kier alpha value is -0.350. The predicted molar refractivity (Wildman–Crippen MR) is 55.0 cm³/mol. The van der Waals surface area contributed by atoms with Crippen LogP contribution in [0.3, 0.4) is 0 Å². The molecule has 0 amide bonds. The molecule has 0 aromatic heterocycles. The summed E-state index contributed by atoms with van der Waals surface area (Å²) in [5.41, 5.74) is 0. The van der Waals surface area contributed by atoms with Crippen molar-refractivity contribution in [1.82, 2.24) is 9.80 Å². The summed E-state index contributed by atoms with van der Waals surface area (Å²) in [6.07, 6.45) is 4.20. The number of nitrogens with zero attached hydrogens (tertiary/aromatic N) is 2. The average Bonchev–Trinajstić information content (AvgIpc) is 2.31. The molecule has 3 N–H and O–H groups in total. The first-order valence-corrected chi connectivity index (χ1v) is 6.47. The Balaban J connectivity index is 0.000000252. The molecular weight excluding hydrogens is 191 g/mol. The van der Waals surface area contributed by atoms with Gasteiger partial charge in [0.15, 0.2) is 0 Å². The average molecular weight is 210 g/mol. The third kappa shape index (κ3) is 9.56. The quantitative estimate of drug-likeness (QED) is 0.522. The van der Waals surface area contributed by atoms with Gasteiger partial charge < -0.3 is 9.80 Å². The van der Waals surface area contributed by atoms with Crippen molar-refractivity contribution in [3.05, 3.63) is 12.4 Å². The van der Waals surface area contributed by atoms with E-state index in [4.69, 9.17) is 14.7 Å². The first-order chi connectivity index (χ1) is 5.83. The van der Waals surface area contributed by atoms with E-state index < -0.39 is 7.94 Å². The second kappa shape index (κ2) is 5.40. The Bertz CT molecular complexity index is 164. The van der Waals surface area contributed by atoms with E-state index in [-0.39, 0.29) is 0 Å². The Morgan fingerprint density at radius 2 is 1.77 bits per heavy atom. The maximum absolute atomic E-state index is 7.77. The molecule has 80 valence electrons. The molecule has 0 fully saturated rings. The molecule has 0 radical (unpaired) electrons. The topological polar surface area (TPSA) is 67.2 Å². The van der Waals surface area contributed by atoms with Crippen LogP contribution in [0.4, 0.5) is 0 Å². The van der Waals surface area contributed by atoms with Crippen molar-refractivity contribution in [2.75, 3.05) is 26.9 Å². The third-order valence-corrected chi connectivity index (χ3v) is 1.34. The van der Waals surface area contributed by atoms with Gasteiger partial charge in [0.2, 0.25) is 0 Å². The van der Waals surface area contributed by atoms with Crippen LogP contribution in [-0.2, 0) is 0 Å². The molecule has 0 spiro atoms. The summed E-state index contributed by atoms with van der Waals surface area (Å²) < 4.78 is 0. The van der Waals surface area contributed by atoms with E-state index in [0.29, 0.717) is 0 Å². The van der Waals surface area contributed by atoms with E-state index in [2.05, 4.69) is 36.2 Å². The van der Waals surface area contributed by atoms with Crippen LogP contribution in [-0.4, -0.2) is 51.4 Å². The summed E-state index contributed by atoms with van der Waals surface area (Å²) in [5, 5.41) is 0. The SMILES string of the molecule is CCN1C=CN(C)C1.C[PH](O)(O)O. The minimum absolute atomic E-state index is 0.993. The monoisotopic (exact) mass is 210 g/mol. The molecule has 13 heavy (non-hydrogen) atoms. The zero-order valence-corrected chi connectivity index (χ0v) is 9.30. The summed E-state index contributed by atoms with van der Waals surface area (Å²) in [6.45, 7) is 5.31. The fraction of sp³-hybridized carbons (Fsp3) is 0.714. The van der Waals surface area contributed by atoms with Gasteiger partial charge in [0.1, 0.15) is 0 Å². The second-order valence-electron chi connectivity index (χ2n) is 3.07. The zero-order valence-electron chi connectivity index (χ0n) is 8.30. The van der Waals surface area contributed by atoms with Gasteiger partial charge in [-0.2, -0.15) is 0 Å². The van der Waals surface area contributed by atoms with Gasteiger partial charge in [-0.15, -0.1) is 0 Å². The second-order valence-corrected chi connectivity index (χ2v) is 5.01. The van der Waals surface area contributed by atoms with Crippen molar-refractivity contribution in [3.63, 3.8) is 0 Å². The number of hydrogen-bond donors (Lipinski definition) is 3. The van der Waals surface area contributed by atoms with Crippen LogP contribution < -0.4 is 0 Å². The Kier molecular flexibility index (Phi) is 5.25. The van der Waals surface area contributed by atoms with Gasteiger partial charge in [0, 0.05) is 26.0 Å². The van der Waals surface area contributed by atoms with Gasteiger partial charge in [-0.25, -0.2) is 0 Å². The molecule has 1 aliphatic rings. The van der Waals surface area contributed by atoms with Crippen LogP contribution in [0.25, 0.3) is 0 Å². The normalized spacial score (nSPS) is 17.1. The molecule has 0 aromatic carbocycles. The molecule has 1 aliphatic heterocycles. The summed E-state index contributed by atoms with van der Waals surface area (Å²) >= 11 is 0. The molecule has 0 unspecified atom stereocenters. The number of hydrogen-bond acceptors (Lipinski definition) is 5. The van der Waals surface area contributed by atoms with Gasteiger partial charge in [0.05, 0.1) is 6.67 Å². The van der Waals surface area contributed by atoms with Crippen LogP contribution in [0, 0.1) is 0 Å². The van der Waals surface area contributed by atoms with Crippen LogP contribution in [0.15, 0.2) is 12.4 Å². The molecule has 0 bridgehead atoms. The van der Waals surface area contributed by atoms with Gasteiger partial charge in [0.25, 0.3) is 0 Å². The molecule has 0 saturated heterocycles. The minimum atomic E-state index is -3.61. The first-order valence-electron chi connectivity index (χ1n) is 4.12. The summed E-state index contributed by atoms with van der Waals surface area (Å²) in [6, 6.07) is 0. The molecule has 1 heterocycles. The zero-order chi connectivity index (χ0) is 10.5. The van der Waals surface area contributed by atoms with Gasteiger partial charge in [-0.1, -0.05) is 0 Å². The molecular formula is C7H19N2O3P. The third-order valence-electron chi connectivity index (χ3n) is 1.34. The van der Waals surface area contributed by atoms with E-state index in [1.165, 1.54) is 0 Å². The van der Waals surface area contributed by atoms with E-state index in [9.17, 15) is 0 Å². The van der Waals surface area contributed by atoms with Crippen molar-refractivity contribution < 1.29 is 14.7 Å². The Labute approximate surface area is 79.5 Å². The number of rotatable bonds is 1. The van der Waals surface area contributed by atoms with Gasteiger partial charge in [-0.3, -0.25) is 0 Å². The van der Waals surface area contributed by atoms with Crippen LogP contribution in [0.1, 0.15) is 6.92 Å². The fourth-order valence-electron chi connectivity index (χ4n) is 0.794. The van der Waals surface area contributed by atoms with Crippen molar-refractivity contribution >= 4 is 7.94 Å². The molecule has 6 heteroatoms. The van der Waals surface area contributed by atoms with E-state index in [1.807, 2.05) is 0 Å². The van der Waals surface area contributed by atoms with Crippen molar-refractivity contribution in [2.45, 2.75) is 6.92 Å². The Morgan fingerprint density at radius 1 is 1.31 bits per heavy atom. The van der Waals surface area contributed by atoms with E-state index >= 15 is 0 Å². The van der Waals surface area contributed by atoms with Crippen molar-refractivity contribution in [1.29, 1.82) is 0 Å². The van der Waals surface area contributed by atoms with Crippen LogP contribution in [0.5, 0.6) is 0 Å². The summed E-state index contributed by atoms with van der Waals surface area (Å²) in [5.74, 6) is 0. The van der Waals surface area contributed by atoms with Gasteiger partial charge >= 0.3 is 29.3 Å². The summed E-state index contributed by atoms with van der Waals surface area (Å²) in [4.78, 5) is 27.7. The molecule has 0 saturated carbocycles. The first kappa shape index (κ1) is 12.7. The van der Waals surface area contributed by atoms with E-state index in [0.717, 1.165) is 19.9 Å². The molecule has 0 aliphatic carbocycles. The van der Waals surface area contributed by atoms with Gasteiger partial charge in [-0.05, 0) is 6.92 Å². The maximum atomic E-state index is 7.77. The van der Waals surface area contributed by atoms with Crippen molar-refractivity contribution in [3.8, 4) is 0 Å². The molecule has 0 aromatic rings. The van der Waals surface area contributed by atoms with E-state index in [1.54, 1.807) is 0 Å². The predicted octanol–water partition coefficient (Wildman–Crippen LogP) is -0.230.